The van der Waals surface area contributed by atoms with Crippen molar-refractivity contribution < 1.29 is 15.0 Å². The lowest BCUT2D eigenvalue weighted by Gasteiger charge is -2.20. The number of nitrogens with one attached hydrogen (secondary N) is 2. The molecule has 1 rings (SSSR count). The molecule has 1 unspecified atom stereocenters. The minimum absolute atomic E-state index is 0.0125. The number of carbonyl (C=O) groups is 1. The monoisotopic (exact) mass is 199 g/mol. The Labute approximate surface area is 81.0 Å². The summed E-state index contributed by atoms with van der Waals surface area (Å²) in [4.78, 5) is 17.6. The first kappa shape index (κ1) is 10.7. The molecule has 0 saturated heterocycles. The maximum absolute atomic E-state index is 11.3. The van der Waals surface area contributed by atoms with E-state index in [4.69, 9.17) is 5.11 Å². The summed E-state index contributed by atoms with van der Waals surface area (Å²) in [6, 6.07) is 0. The minimum Gasteiger partial charge on any atom is -0.393 e. The van der Waals surface area contributed by atoms with E-state index < -0.39 is 12.2 Å². The smallest absolute Gasteiger partial charge is 0.269 e. The fourth-order valence-corrected chi connectivity index (χ4v) is 0.802. The first-order valence-corrected chi connectivity index (χ1v) is 4.15. The van der Waals surface area contributed by atoms with Crippen LogP contribution in [-0.2, 0) is 0 Å². The van der Waals surface area contributed by atoms with Crippen molar-refractivity contribution >= 4 is 5.91 Å². The van der Waals surface area contributed by atoms with Crippen molar-refractivity contribution in [2.24, 2.45) is 0 Å². The molecule has 0 aromatic carbocycles. The summed E-state index contributed by atoms with van der Waals surface area (Å²) in [6.45, 7) is 1.01. The zero-order chi connectivity index (χ0) is 10.6. The van der Waals surface area contributed by atoms with E-state index in [1.54, 1.807) is 0 Å². The highest BCUT2D eigenvalue weighted by Gasteiger charge is 2.20. The van der Waals surface area contributed by atoms with Gasteiger partial charge in [0, 0.05) is 6.54 Å². The molecule has 0 spiro atoms. The number of hydrogen-bond acceptors (Lipinski definition) is 4. The number of H-pyrrole nitrogens is 1. The summed E-state index contributed by atoms with van der Waals surface area (Å²) < 4.78 is 0. The molecule has 78 valence electrons. The summed E-state index contributed by atoms with van der Waals surface area (Å²) in [5.41, 5.74) is -0.978. The van der Waals surface area contributed by atoms with Crippen molar-refractivity contribution in [3.63, 3.8) is 0 Å². The van der Waals surface area contributed by atoms with Gasteiger partial charge in [0.2, 0.25) is 0 Å². The van der Waals surface area contributed by atoms with Crippen LogP contribution in [0, 0.1) is 0 Å². The summed E-state index contributed by atoms with van der Waals surface area (Å²) in [6.07, 6.45) is 2.77. The number of aromatic amines is 1. The van der Waals surface area contributed by atoms with Crippen LogP contribution in [0.15, 0.2) is 12.5 Å². The maximum atomic E-state index is 11.3. The van der Waals surface area contributed by atoms with Gasteiger partial charge in [0.15, 0.2) is 0 Å². The number of nitrogens with zero attached hydrogens (tertiary/aromatic N) is 1. The third kappa shape index (κ3) is 2.82. The molecule has 0 fully saturated rings. The second kappa shape index (κ2) is 4.21. The fourth-order valence-electron chi connectivity index (χ4n) is 0.802. The molecule has 4 N–H and O–H groups in total. The second-order valence-electron chi connectivity index (χ2n) is 3.30. The van der Waals surface area contributed by atoms with E-state index in [1.807, 2.05) is 0 Å². The molecule has 0 bridgehead atoms. The van der Waals surface area contributed by atoms with Gasteiger partial charge < -0.3 is 20.5 Å². The summed E-state index contributed by atoms with van der Waals surface area (Å²) in [5, 5.41) is 20.6. The van der Waals surface area contributed by atoms with Crippen LogP contribution >= 0.6 is 0 Å². The van der Waals surface area contributed by atoms with Gasteiger partial charge in [-0.1, -0.05) is 0 Å². The van der Waals surface area contributed by atoms with Gasteiger partial charge in [-0.25, -0.2) is 4.98 Å². The van der Waals surface area contributed by atoms with Crippen molar-refractivity contribution in [3.8, 4) is 0 Å². The van der Waals surface area contributed by atoms with Crippen LogP contribution in [-0.4, -0.2) is 44.8 Å². The molecule has 0 aliphatic carbocycles. The zero-order valence-corrected chi connectivity index (χ0v) is 7.82. The molecule has 1 amide bonds. The average Bonchev–Trinajstić information content (AvgIpc) is 2.67. The molecule has 14 heavy (non-hydrogen) atoms. The van der Waals surface area contributed by atoms with Crippen LogP contribution in [0.5, 0.6) is 0 Å². The van der Waals surface area contributed by atoms with Crippen molar-refractivity contribution in [3.05, 3.63) is 18.2 Å². The Morgan fingerprint density at radius 3 is 3.00 bits per heavy atom. The fraction of sp³-hybridized carbons (Fsp3) is 0.500. The number of carbonyl (C=O) groups excluding carboxylic acids is 1. The number of imidazole rings is 1. The average molecular weight is 199 g/mol. The first-order chi connectivity index (χ1) is 6.55. The molecule has 0 aliphatic heterocycles. The number of amides is 1. The Bertz CT molecular complexity index is 295. The van der Waals surface area contributed by atoms with Gasteiger partial charge in [-0.3, -0.25) is 4.79 Å². The lowest BCUT2D eigenvalue weighted by atomic mass is 10.1. The van der Waals surface area contributed by atoms with Crippen LogP contribution in [0.1, 0.15) is 17.4 Å². The van der Waals surface area contributed by atoms with E-state index in [1.165, 1.54) is 19.4 Å². The van der Waals surface area contributed by atoms with E-state index in [0.717, 1.165) is 0 Å². The molecular formula is C8H13N3O3. The van der Waals surface area contributed by atoms with Gasteiger partial charge >= 0.3 is 0 Å². The van der Waals surface area contributed by atoms with Crippen molar-refractivity contribution in [1.82, 2.24) is 15.3 Å². The molecule has 0 radical (unpaired) electrons. The van der Waals surface area contributed by atoms with Crippen LogP contribution in [0.3, 0.4) is 0 Å². The van der Waals surface area contributed by atoms with E-state index in [0.29, 0.717) is 5.69 Å². The van der Waals surface area contributed by atoms with Crippen LogP contribution in [0.4, 0.5) is 0 Å². The highest BCUT2D eigenvalue weighted by atomic mass is 16.3. The summed E-state index contributed by atoms with van der Waals surface area (Å²) in [7, 11) is 0. The van der Waals surface area contributed by atoms with Crippen molar-refractivity contribution in [2.45, 2.75) is 12.5 Å². The first-order valence-electron chi connectivity index (χ1n) is 4.15. The lowest BCUT2D eigenvalue weighted by molar-refractivity contribution is 0.00316. The third-order valence-electron chi connectivity index (χ3n) is 1.71. The second-order valence-corrected chi connectivity index (χ2v) is 3.30. The highest BCUT2D eigenvalue weighted by Crippen LogP contribution is 1.99. The SMILES string of the molecule is CC(O)(CO)CNC(=O)c1cnc[nH]1. The molecule has 1 atom stereocenters. The molecule has 6 heteroatoms. The van der Waals surface area contributed by atoms with Gasteiger partial charge in [0.1, 0.15) is 11.3 Å². The lowest BCUT2D eigenvalue weighted by Crippen LogP contribution is -2.43. The maximum Gasteiger partial charge on any atom is 0.269 e. The van der Waals surface area contributed by atoms with Crippen molar-refractivity contribution in [2.75, 3.05) is 13.2 Å². The predicted octanol–water partition coefficient (Wildman–Crippen LogP) is -1.12. The van der Waals surface area contributed by atoms with Crippen molar-refractivity contribution in [1.29, 1.82) is 0 Å². The zero-order valence-electron chi connectivity index (χ0n) is 7.82. The predicted molar refractivity (Wildman–Crippen MR) is 48.6 cm³/mol. The quantitative estimate of drug-likeness (QED) is 0.494. The Balaban J connectivity index is 2.43. The number of aliphatic hydroxyl groups is 2. The largest absolute Gasteiger partial charge is 0.393 e. The molecule has 0 aliphatic rings. The van der Waals surface area contributed by atoms with Crippen LogP contribution < -0.4 is 5.32 Å². The summed E-state index contributed by atoms with van der Waals surface area (Å²) >= 11 is 0. The number of aromatic nitrogens is 2. The van der Waals surface area contributed by atoms with Gasteiger partial charge in [-0.2, -0.15) is 0 Å². The summed E-state index contributed by atoms with van der Waals surface area (Å²) in [5.74, 6) is -0.365. The van der Waals surface area contributed by atoms with E-state index in [-0.39, 0.29) is 12.5 Å². The molecule has 6 nitrogen and oxygen atoms in total. The van der Waals surface area contributed by atoms with Gasteiger partial charge in [0.05, 0.1) is 19.1 Å². The van der Waals surface area contributed by atoms with Gasteiger partial charge in [-0.05, 0) is 6.92 Å². The van der Waals surface area contributed by atoms with E-state index in [2.05, 4.69) is 15.3 Å². The molecule has 0 saturated carbocycles. The molecule has 1 aromatic rings. The van der Waals surface area contributed by atoms with E-state index >= 15 is 0 Å². The Hall–Kier alpha value is -1.40. The Morgan fingerprint density at radius 2 is 2.50 bits per heavy atom. The number of rotatable bonds is 4. The standard InChI is InChI=1S/C8H13N3O3/c1-8(14,4-12)3-10-7(13)6-2-9-5-11-6/h2,5,12,14H,3-4H2,1H3,(H,9,11)(H,10,13). The Morgan fingerprint density at radius 1 is 1.79 bits per heavy atom. The van der Waals surface area contributed by atoms with Gasteiger partial charge in [-0.15, -0.1) is 0 Å². The normalized spacial score (nSPS) is 14.8. The van der Waals surface area contributed by atoms with Gasteiger partial charge in [0.25, 0.3) is 5.91 Å². The molecule has 1 aromatic heterocycles. The Kier molecular flexibility index (Phi) is 3.21. The number of hydrogen-bond donors (Lipinski definition) is 4. The molecular weight excluding hydrogens is 186 g/mol. The topological polar surface area (TPSA) is 98.2 Å². The minimum atomic E-state index is -1.30. The van der Waals surface area contributed by atoms with E-state index in [9.17, 15) is 9.90 Å². The number of aliphatic hydroxyl groups excluding tert-OH is 1. The van der Waals surface area contributed by atoms with Crippen LogP contribution in [0.2, 0.25) is 0 Å². The third-order valence-corrected chi connectivity index (χ3v) is 1.71. The molecule has 1 heterocycles. The van der Waals surface area contributed by atoms with Crippen LogP contribution in [0.25, 0.3) is 0 Å². The highest BCUT2D eigenvalue weighted by molar-refractivity contribution is 5.91.